The van der Waals surface area contributed by atoms with Crippen molar-refractivity contribution in [3.63, 3.8) is 0 Å². The first-order chi connectivity index (χ1) is 8.12. The molecule has 108 valence electrons. The zero-order chi connectivity index (χ0) is 14.0. The smallest absolute Gasteiger partial charge is 0.324 e. The molecule has 0 aliphatic heterocycles. The molecule has 1 fully saturated rings. The largest absolute Gasteiger partial charge is 0.449 e. The molecule has 1 N–H and O–H groups in total. The fourth-order valence-electron chi connectivity index (χ4n) is 2.10. The maximum atomic E-state index is 14.2. The van der Waals surface area contributed by atoms with Gasteiger partial charge in [-0.15, -0.1) is 0 Å². The molecule has 1 aliphatic rings. The SMILES string of the molecule is CCP(=O)(O)OC(F)(C1CCCCC1)C(F)(F)F. The summed E-state index contributed by atoms with van der Waals surface area (Å²) >= 11 is 0. The minimum absolute atomic E-state index is 0.0136. The minimum atomic E-state index is -5.30. The molecule has 8 heteroatoms. The zero-order valence-corrected chi connectivity index (χ0v) is 10.9. The van der Waals surface area contributed by atoms with E-state index in [1.807, 2.05) is 0 Å². The molecule has 1 rings (SSSR count). The molecule has 0 spiro atoms. The molecule has 1 saturated carbocycles. The Kier molecular flexibility index (Phi) is 4.84. The Morgan fingerprint density at radius 3 is 2.11 bits per heavy atom. The van der Waals surface area contributed by atoms with Gasteiger partial charge in [0.1, 0.15) is 0 Å². The van der Waals surface area contributed by atoms with E-state index in [-0.39, 0.29) is 12.8 Å². The Balaban J connectivity index is 2.98. The summed E-state index contributed by atoms with van der Waals surface area (Å²) in [4.78, 5) is 9.15. The van der Waals surface area contributed by atoms with E-state index in [2.05, 4.69) is 4.52 Å². The van der Waals surface area contributed by atoms with Crippen molar-refractivity contribution in [3.8, 4) is 0 Å². The molecule has 0 bridgehead atoms. The highest BCUT2D eigenvalue weighted by atomic mass is 31.2. The second-order valence-electron chi connectivity index (χ2n) is 4.52. The number of hydrogen-bond acceptors (Lipinski definition) is 2. The van der Waals surface area contributed by atoms with Crippen LogP contribution in [-0.2, 0) is 9.09 Å². The first-order valence-electron chi connectivity index (χ1n) is 5.90. The first-order valence-corrected chi connectivity index (χ1v) is 7.67. The minimum Gasteiger partial charge on any atom is -0.324 e. The molecule has 0 radical (unpaired) electrons. The highest BCUT2D eigenvalue weighted by Crippen LogP contribution is 2.56. The monoisotopic (exact) mass is 292 g/mol. The van der Waals surface area contributed by atoms with Gasteiger partial charge >= 0.3 is 19.6 Å². The quantitative estimate of drug-likeness (QED) is 0.629. The van der Waals surface area contributed by atoms with Crippen molar-refractivity contribution in [3.05, 3.63) is 0 Å². The maximum Gasteiger partial charge on any atom is 0.449 e. The van der Waals surface area contributed by atoms with E-state index in [4.69, 9.17) is 4.89 Å². The number of halogens is 4. The summed E-state index contributed by atoms with van der Waals surface area (Å²) < 4.78 is 67.9. The van der Waals surface area contributed by atoms with Gasteiger partial charge in [0.05, 0.1) is 0 Å². The highest BCUT2D eigenvalue weighted by Gasteiger charge is 2.64. The Labute approximate surface area is 103 Å². The van der Waals surface area contributed by atoms with Gasteiger partial charge in [-0.2, -0.15) is 13.2 Å². The molecular formula is C10H17F4O3P. The van der Waals surface area contributed by atoms with E-state index in [0.717, 1.165) is 6.42 Å². The van der Waals surface area contributed by atoms with Crippen LogP contribution in [0.5, 0.6) is 0 Å². The van der Waals surface area contributed by atoms with Gasteiger partial charge in [0.15, 0.2) is 0 Å². The summed E-state index contributed by atoms with van der Waals surface area (Å²) in [5.74, 6) is -5.42. The zero-order valence-electron chi connectivity index (χ0n) is 10.0. The number of alkyl halides is 4. The van der Waals surface area contributed by atoms with Crippen molar-refractivity contribution in [1.82, 2.24) is 0 Å². The standard InChI is InChI=1S/C10H17F4O3P/c1-2-18(15,16)17-9(11,10(12,13)14)8-6-4-3-5-7-8/h8H,2-7H2,1H3,(H,15,16). The molecule has 1 aliphatic carbocycles. The normalized spacial score (nSPS) is 25.4. The highest BCUT2D eigenvalue weighted by molar-refractivity contribution is 7.52. The molecule has 2 unspecified atom stereocenters. The van der Waals surface area contributed by atoms with Crippen LogP contribution in [0.4, 0.5) is 17.6 Å². The van der Waals surface area contributed by atoms with E-state index < -0.39 is 31.7 Å². The lowest BCUT2D eigenvalue weighted by molar-refractivity contribution is -0.327. The fourth-order valence-corrected chi connectivity index (χ4v) is 2.90. The molecule has 0 saturated heterocycles. The van der Waals surface area contributed by atoms with Crippen molar-refractivity contribution >= 4 is 7.60 Å². The van der Waals surface area contributed by atoms with Gasteiger partial charge < -0.3 is 4.89 Å². The summed E-state index contributed by atoms with van der Waals surface area (Å²) in [7, 11) is -4.55. The Morgan fingerprint density at radius 1 is 1.22 bits per heavy atom. The maximum absolute atomic E-state index is 14.2. The lowest BCUT2D eigenvalue weighted by Crippen LogP contribution is -2.49. The van der Waals surface area contributed by atoms with Crippen LogP contribution in [0.15, 0.2) is 0 Å². The molecule has 0 amide bonds. The third-order valence-corrected chi connectivity index (χ3v) is 4.54. The third kappa shape index (κ3) is 3.45. The van der Waals surface area contributed by atoms with E-state index in [1.165, 1.54) is 6.92 Å². The molecule has 0 heterocycles. The van der Waals surface area contributed by atoms with Crippen molar-refractivity contribution in [2.24, 2.45) is 5.92 Å². The lowest BCUT2D eigenvalue weighted by Gasteiger charge is -2.37. The summed E-state index contributed by atoms with van der Waals surface area (Å²) in [6.07, 6.45) is -4.15. The fraction of sp³-hybridized carbons (Fsp3) is 1.00. The van der Waals surface area contributed by atoms with Gasteiger partial charge in [0.2, 0.25) is 0 Å². The summed E-state index contributed by atoms with van der Waals surface area (Å²) in [5, 5.41) is 0. The molecule has 2 atom stereocenters. The lowest BCUT2D eigenvalue weighted by atomic mass is 9.83. The van der Waals surface area contributed by atoms with Gasteiger partial charge in [0.25, 0.3) is 0 Å². The van der Waals surface area contributed by atoms with E-state index in [9.17, 15) is 22.1 Å². The van der Waals surface area contributed by atoms with Gasteiger partial charge in [0, 0.05) is 12.1 Å². The number of hydrogen-bond donors (Lipinski definition) is 1. The molecule has 0 aromatic carbocycles. The van der Waals surface area contributed by atoms with Gasteiger partial charge in [-0.1, -0.05) is 26.2 Å². The van der Waals surface area contributed by atoms with Crippen LogP contribution in [0.3, 0.4) is 0 Å². The van der Waals surface area contributed by atoms with Crippen LogP contribution in [-0.4, -0.2) is 23.1 Å². The van der Waals surface area contributed by atoms with Crippen molar-refractivity contribution < 1.29 is 31.5 Å². The Hall–Kier alpha value is -0.130. The van der Waals surface area contributed by atoms with Gasteiger partial charge in [-0.25, -0.2) is 4.39 Å². The van der Waals surface area contributed by atoms with Crippen molar-refractivity contribution in [2.45, 2.75) is 51.1 Å². The van der Waals surface area contributed by atoms with E-state index >= 15 is 0 Å². The van der Waals surface area contributed by atoms with Crippen molar-refractivity contribution in [1.29, 1.82) is 0 Å². The van der Waals surface area contributed by atoms with E-state index in [0.29, 0.717) is 12.8 Å². The van der Waals surface area contributed by atoms with Gasteiger partial charge in [-0.05, 0) is 12.8 Å². The van der Waals surface area contributed by atoms with Crippen molar-refractivity contribution in [2.75, 3.05) is 6.16 Å². The average Bonchev–Trinajstić information content (AvgIpc) is 2.28. The van der Waals surface area contributed by atoms with Crippen LogP contribution >= 0.6 is 7.60 Å². The molecule has 18 heavy (non-hydrogen) atoms. The molecular weight excluding hydrogens is 275 g/mol. The molecule has 0 aromatic heterocycles. The summed E-state index contributed by atoms with van der Waals surface area (Å²) in [5.41, 5.74) is 0. The van der Waals surface area contributed by atoms with Gasteiger partial charge in [-0.3, -0.25) is 9.09 Å². The van der Waals surface area contributed by atoms with Crippen LogP contribution in [0.1, 0.15) is 39.0 Å². The molecule has 0 aromatic rings. The second kappa shape index (κ2) is 5.47. The first kappa shape index (κ1) is 15.9. The Morgan fingerprint density at radius 2 is 1.72 bits per heavy atom. The predicted molar refractivity (Wildman–Crippen MR) is 57.9 cm³/mol. The number of rotatable bonds is 4. The Bertz CT molecular complexity index is 328. The van der Waals surface area contributed by atoms with Crippen LogP contribution < -0.4 is 0 Å². The predicted octanol–water partition coefficient (Wildman–Crippen LogP) is 4.02. The topological polar surface area (TPSA) is 46.5 Å². The average molecular weight is 292 g/mol. The van der Waals surface area contributed by atoms with Crippen LogP contribution in [0, 0.1) is 5.92 Å². The third-order valence-electron chi connectivity index (χ3n) is 3.19. The van der Waals surface area contributed by atoms with Crippen LogP contribution in [0.25, 0.3) is 0 Å². The summed E-state index contributed by atoms with van der Waals surface area (Å²) in [6.45, 7) is 1.18. The molecule has 3 nitrogen and oxygen atoms in total. The summed E-state index contributed by atoms with van der Waals surface area (Å²) in [6, 6.07) is 0. The van der Waals surface area contributed by atoms with Crippen LogP contribution in [0.2, 0.25) is 0 Å². The second-order valence-corrected chi connectivity index (χ2v) is 6.61. The van der Waals surface area contributed by atoms with E-state index in [1.54, 1.807) is 0 Å².